The van der Waals surface area contributed by atoms with Crippen LogP contribution in [0, 0.1) is 0 Å². The fourth-order valence-electron chi connectivity index (χ4n) is 2.65. The summed E-state index contributed by atoms with van der Waals surface area (Å²) >= 11 is 0. The number of aliphatic hydroxyl groups is 1. The van der Waals surface area contributed by atoms with Gasteiger partial charge in [-0.3, -0.25) is 0 Å². The third-order valence-corrected chi connectivity index (χ3v) is 3.87. The highest BCUT2D eigenvalue weighted by atomic mass is 16.3. The lowest BCUT2D eigenvalue weighted by Crippen LogP contribution is -2.45. The molecule has 0 aromatic heterocycles. The van der Waals surface area contributed by atoms with Crippen molar-refractivity contribution in [3.63, 3.8) is 0 Å². The summed E-state index contributed by atoms with van der Waals surface area (Å²) < 4.78 is 0. The first-order valence-electron chi connectivity index (χ1n) is 6.65. The summed E-state index contributed by atoms with van der Waals surface area (Å²) in [7, 11) is 0. The minimum atomic E-state index is -0.0914. The summed E-state index contributed by atoms with van der Waals surface area (Å²) in [5.41, 5.74) is 1.31. The summed E-state index contributed by atoms with van der Waals surface area (Å²) in [4.78, 5) is 0. The molecular weight excluding hydrogens is 222 g/mol. The van der Waals surface area contributed by atoms with Gasteiger partial charge in [-0.2, -0.15) is 0 Å². The Morgan fingerprint density at radius 1 is 1.11 bits per heavy atom. The molecule has 0 spiro atoms. The predicted octanol–water partition coefficient (Wildman–Crippen LogP) is 3.01. The number of aliphatic hydroxyl groups excluding tert-OH is 1. The van der Waals surface area contributed by atoms with Crippen LogP contribution in [-0.2, 0) is 0 Å². The van der Waals surface area contributed by atoms with Crippen LogP contribution >= 0.6 is 0 Å². The summed E-state index contributed by atoms with van der Waals surface area (Å²) in [6.45, 7) is 2.19. The van der Waals surface area contributed by atoms with Gasteiger partial charge in [-0.25, -0.2) is 0 Å². The molecule has 2 N–H and O–H groups in total. The molecule has 0 amide bonds. The quantitative estimate of drug-likeness (QED) is 0.865. The van der Waals surface area contributed by atoms with Crippen molar-refractivity contribution in [2.45, 2.75) is 38.0 Å². The fraction of sp³-hybridized carbons (Fsp3) is 0.375. The van der Waals surface area contributed by atoms with Crippen molar-refractivity contribution in [1.29, 1.82) is 0 Å². The van der Waals surface area contributed by atoms with Gasteiger partial charge in [-0.15, -0.1) is 0 Å². The molecule has 0 aliphatic heterocycles. The van der Waals surface area contributed by atoms with Crippen molar-refractivity contribution in [2.24, 2.45) is 0 Å². The van der Waals surface area contributed by atoms with Crippen LogP contribution in [0.25, 0.3) is 10.8 Å². The van der Waals surface area contributed by atoms with E-state index in [4.69, 9.17) is 0 Å². The Morgan fingerprint density at radius 3 is 2.56 bits per heavy atom. The molecule has 1 atom stereocenters. The normalized spacial score (nSPS) is 24.8. The van der Waals surface area contributed by atoms with Crippen LogP contribution in [0.1, 0.15) is 31.4 Å². The lowest BCUT2D eigenvalue weighted by molar-refractivity contribution is 0.0586. The number of hydrogen-bond acceptors (Lipinski definition) is 2. The van der Waals surface area contributed by atoms with Gasteiger partial charge in [0.15, 0.2) is 0 Å². The van der Waals surface area contributed by atoms with Crippen molar-refractivity contribution < 1.29 is 5.11 Å². The van der Waals surface area contributed by atoms with Gasteiger partial charge >= 0.3 is 0 Å². The van der Waals surface area contributed by atoms with Gasteiger partial charge in [0.1, 0.15) is 0 Å². The minimum absolute atomic E-state index is 0.0914. The van der Waals surface area contributed by atoms with Crippen LogP contribution in [-0.4, -0.2) is 17.3 Å². The molecule has 18 heavy (non-hydrogen) atoms. The summed E-state index contributed by atoms with van der Waals surface area (Å²) in [6, 6.07) is 15.9. The smallest absolute Gasteiger partial charge is 0.0570 e. The molecule has 2 heteroatoms. The monoisotopic (exact) mass is 241 g/mol. The zero-order valence-corrected chi connectivity index (χ0v) is 10.6. The van der Waals surface area contributed by atoms with Gasteiger partial charge in [-0.1, -0.05) is 36.4 Å². The predicted molar refractivity (Wildman–Crippen MR) is 74.5 cm³/mol. The fourth-order valence-corrected chi connectivity index (χ4v) is 2.65. The number of benzene rings is 2. The number of nitrogens with one attached hydrogen (secondary N) is 1. The second-order valence-electron chi connectivity index (χ2n) is 5.32. The molecule has 1 fully saturated rings. The van der Waals surface area contributed by atoms with Crippen LogP contribution in [0.4, 0.5) is 0 Å². The average Bonchev–Trinajstić information content (AvgIpc) is 2.36. The molecule has 2 nitrogen and oxygen atoms in total. The Kier molecular flexibility index (Phi) is 3.06. The van der Waals surface area contributed by atoms with E-state index in [0.717, 1.165) is 12.8 Å². The molecule has 1 saturated carbocycles. The zero-order valence-electron chi connectivity index (χ0n) is 10.6. The molecule has 1 unspecified atom stereocenters. The highest BCUT2D eigenvalue weighted by Crippen LogP contribution is 2.25. The van der Waals surface area contributed by atoms with Gasteiger partial charge in [-0.05, 0) is 42.2 Å². The maximum atomic E-state index is 9.30. The van der Waals surface area contributed by atoms with E-state index in [1.54, 1.807) is 0 Å². The molecule has 0 heterocycles. The topological polar surface area (TPSA) is 32.3 Å². The van der Waals surface area contributed by atoms with Gasteiger partial charge in [0.2, 0.25) is 0 Å². The average molecular weight is 241 g/mol. The highest BCUT2D eigenvalue weighted by Gasteiger charge is 2.28. The molecule has 94 valence electrons. The first kappa shape index (κ1) is 11.7. The van der Waals surface area contributed by atoms with E-state index >= 15 is 0 Å². The van der Waals surface area contributed by atoms with Crippen LogP contribution in [0.15, 0.2) is 42.5 Å². The second-order valence-corrected chi connectivity index (χ2v) is 5.32. The second kappa shape index (κ2) is 4.71. The number of hydrogen-bond donors (Lipinski definition) is 2. The van der Waals surface area contributed by atoms with Crippen LogP contribution in [0.3, 0.4) is 0 Å². The zero-order chi connectivity index (χ0) is 12.5. The molecular formula is C16H19NO. The van der Waals surface area contributed by atoms with Crippen LogP contribution < -0.4 is 5.32 Å². The third kappa shape index (κ3) is 2.26. The van der Waals surface area contributed by atoms with Gasteiger partial charge in [0.25, 0.3) is 0 Å². The summed E-state index contributed by atoms with van der Waals surface area (Å²) in [5.74, 6) is 0. The van der Waals surface area contributed by atoms with Crippen LogP contribution in [0.5, 0.6) is 0 Å². The van der Waals surface area contributed by atoms with E-state index in [9.17, 15) is 5.11 Å². The SMILES string of the molecule is CC(NC1CC(O)C1)c1ccc2ccccc2c1. The van der Waals surface area contributed by atoms with Crippen LogP contribution in [0.2, 0.25) is 0 Å². The molecule has 0 saturated heterocycles. The lowest BCUT2D eigenvalue weighted by Gasteiger charge is -2.34. The van der Waals surface area contributed by atoms with E-state index in [1.807, 2.05) is 0 Å². The lowest BCUT2D eigenvalue weighted by atomic mass is 9.88. The van der Waals surface area contributed by atoms with E-state index in [-0.39, 0.29) is 6.10 Å². The molecule has 0 bridgehead atoms. The molecule has 1 aliphatic rings. The van der Waals surface area contributed by atoms with Crippen molar-refractivity contribution >= 4 is 10.8 Å². The molecule has 1 aliphatic carbocycles. The molecule has 2 aromatic carbocycles. The largest absolute Gasteiger partial charge is 0.393 e. The van der Waals surface area contributed by atoms with Crippen molar-refractivity contribution in [3.8, 4) is 0 Å². The van der Waals surface area contributed by atoms with Gasteiger partial charge in [0, 0.05) is 12.1 Å². The Labute approximate surface area is 108 Å². The Hall–Kier alpha value is -1.38. The van der Waals surface area contributed by atoms with Gasteiger partial charge in [0.05, 0.1) is 6.10 Å². The van der Waals surface area contributed by atoms with Crippen molar-refractivity contribution in [3.05, 3.63) is 48.0 Å². The molecule has 0 radical (unpaired) electrons. The number of fused-ring (bicyclic) bond motifs is 1. The Bertz CT molecular complexity index is 546. The minimum Gasteiger partial charge on any atom is -0.393 e. The standard InChI is InChI=1S/C16H19NO/c1-11(17-15-9-16(18)10-15)13-7-6-12-4-2-3-5-14(12)8-13/h2-8,11,15-18H,9-10H2,1H3. The van der Waals surface area contributed by atoms with Crippen molar-refractivity contribution in [1.82, 2.24) is 5.32 Å². The molecule has 2 aromatic rings. The highest BCUT2D eigenvalue weighted by molar-refractivity contribution is 5.83. The Morgan fingerprint density at radius 2 is 1.83 bits per heavy atom. The van der Waals surface area contributed by atoms with E-state index < -0.39 is 0 Å². The van der Waals surface area contributed by atoms with Crippen molar-refractivity contribution in [2.75, 3.05) is 0 Å². The van der Waals surface area contributed by atoms with Gasteiger partial charge < -0.3 is 10.4 Å². The summed E-state index contributed by atoms with van der Waals surface area (Å²) in [5, 5.41) is 15.4. The first-order valence-corrected chi connectivity index (χ1v) is 6.65. The van der Waals surface area contributed by atoms with E-state index in [0.29, 0.717) is 12.1 Å². The first-order chi connectivity index (χ1) is 8.72. The maximum Gasteiger partial charge on any atom is 0.0570 e. The third-order valence-electron chi connectivity index (χ3n) is 3.87. The number of rotatable bonds is 3. The Balaban J connectivity index is 1.76. The maximum absolute atomic E-state index is 9.30. The summed E-state index contributed by atoms with van der Waals surface area (Å²) in [6.07, 6.45) is 1.68. The molecule has 3 rings (SSSR count). The van der Waals surface area contributed by atoms with E-state index in [2.05, 4.69) is 54.7 Å². The van der Waals surface area contributed by atoms with E-state index in [1.165, 1.54) is 16.3 Å².